The van der Waals surface area contributed by atoms with E-state index < -0.39 is 0 Å². The number of aromatic nitrogens is 1. The molecule has 0 bridgehead atoms. The van der Waals surface area contributed by atoms with Crippen LogP contribution in [-0.4, -0.2) is 40.1 Å². The van der Waals surface area contributed by atoms with Gasteiger partial charge in [-0.2, -0.15) is 0 Å². The lowest BCUT2D eigenvalue weighted by Gasteiger charge is -2.35. The Morgan fingerprint density at radius 1 is 1.21 bits per heavy atom. The fourth-order valence-electron chi connectivity index (χ4n) is 4.42. The molecule has 4 heteroatoms. The number of likely N-dealkylation sites (tertiary alicyclic amines) is 1. The molecule has 24 heavy (non-hydrogen) atoms. The summed E-state index contributed by atoms with van der Waals surface area (Å²) >= 11 is 0. The van der Waals surface area contributed by atoms with Crippen molar-refractivity contribution in [1.29, 1.82) is 0 Å². The fourth-order valence-corrected chi connectivity index (χ4v) is 4.42. The zero-order valence-electron chi connectivity index (χ0n) is 14.2. The Morgan fingerprint density at radius 2 is 2.08 bits per heavy atom. The van der Waals surface area contributed by atoms with Crippen LogP contribution in [0.5, 0.6) is 0 Å². The highest BCUT2D eigenvalue weighted by Gasteiger charge is 2.27. The van der Waals surface area contributed by atoms with Crippen molar-refractivity contribution in [1.82, 2.24) is 9.88 Å². The van der Waals surface area contributed by atoms with Gasteiger partial charge in [0, 0.05) is 41.4 Å². The lowest BCUT2D eigenvalue weighted by molar-refractivity contribution is 0.0575. The predicted octanol–water partition coefficient (Wildman–Crippen LogP) is 3.42. The summed E-state index contributed by atoms with van der Waals surface area (Å²) in [6, 6.07) is 6.29. The summed E-state index contributed by atoms with van der Waals surface area (Å²) in [5.41, 5.74) is 4.72. The highest BCUT2D eigenvalue weighted by Crippen LogP contribution is 2.30. The fraction of sp³-hybridized carbons (Fsp3) is 0.550. The number of benzene rings is 1. The normalized spacial score (nSPS) is 21.0. The number of nitrogens with one attached hydrogen (secondary N) is 1. The third-order valence-corrected chi connectivity index (χ3v) is 5.70. The van der Waals surface area contributed by atoms with Crippen molar-refractivity contribution in [2.75, 3.05) is 13.2 Å². The van der Waals surface area contributed by atoms with Gasteiger partial charge in [0.25, 0.3) is 5.91 Å². The monoisotopic (exact) mass is 326 g/mol. The van der Waals surface area contributed by atoms with Crippen molar-refractivity contribution in [3.05, 3.63) is 35.0 Å². The van der Waals surface area contributed by atoms with Gasteiger partial charge < -0.3 is 15.0 Å². The first kappa shape index (κ1) is 15.7. The maximum atomic E-state index is 13.1. The average molecular weight is 326 g/mol. The van der Waals surface area contributed by atoms with Gasteiger partial charge in [-0.3, -0.25) is 4.79 Å². The van der Waals surface area contributed by atoms with Crippen molar-refractivity contribution in [3.8, 4) is 0 Å². The van der Waals surface area contributed by atoms with Crippen LogP contribution in [0.2, 0.25) is 0 Å². The van der Waals surface area contributed by atoms with E-state index in [9.17, 15) is 9.90 Å². The van der Waals surface area contributed by atoms with Gasteiger partial charge in [0.15, 0.2) is 0 Å². The second kappa shape index (κ2) is 6.60. The van der Waals surface area contributed by atoms with Gasteiger partial charge in [-0.25, -0.2) is 0 Å². The molecule has 1 unspecified atom stereocenters. The maximum Gasteiger partial charge on any atom is 0.254 e. The Labute approximate surface area is 142 Å². The van der Waals surface area contributed by atoms with Gasteiger partial charge in [-0.05, 0) is 75.1 Å². The van der Waals surface area contributed by atoms with Crippen molar-refractivity contribution in [2.45, 2.75) is 57.4 Å². The van der Waals surface area contributed by atoms with Gasteiger partial charge >= 0.3 is 0 Å². The van der Waals surface area contributed by atoms with Crippen molar-refractivity contribution >= 4 is 16.8 Å². The number of aliphatic hydroxyl groups excluding tert-OH is 1. The smallest absolute Gasteiger partial charge is 0.254 e. The molecule has 1 saturated heterocycles. The lowest BCUT2D eigenvalue weighted by Crippen LogP contribution is -2.44. The number of nitrogens with zero attached hydrogens (tertiary/aromatic N) is 1. The number of aliphatic hydroxyl groups is 1. The van der Waals surface area contributed by atoms with E-state index in [2.05, 4.69) is 17.1 Å². The van der Waals surface area contributed by atoms with Crippen molar-refractivity contribution in [2.24, 2.45) is 0 Å². The molecule has 1 amide bonds. The zero-order valence-corrected chi connectivity index (χ0v) is 14.2. The summed E-state index contributed by atoms with van der Waals surface area (Å²) < 4.78 is 0. The van der Waals surface area contributed by atoms with Crippen molar-refractivity contribution < 1.29 is 9.90 Å². The number of carbonyl (C=O) groups is 1. The van der Waals surface area contributed by atoms with E-state index in [-0.39, 0.29) is 18.6 Å². The minimum Gasteiger partial charge on any atom is -0.396 e. The highest BCUT2D eigenvalue weighted by molar-refractivity contribution is 5.99. The predicted molar refractivity (Wildman–Crippen MR) is 95.3 cm³/mol. The van der Waals surface area contributed by atoms with E-state index in [4.69, 9.17) is 0 Å². The molecule has 0 saturated carbocycles. The number of carbonyl (C=O) groups excluding carboxylic acids is 1. The number of aryl methyl sites for hydroxylation is 2. The number of hydrogen-bond donors (Lipinski definition) is 2. The number of rotatable bonds is 3. The van der Waals surface area contributed by atoms with Gasteiger partial charge in [0.1, 0.15) is 0 Å². The van der Waals surface area contributed by atoms with E-state index in [1.165, 1.54) is 29.5 Å². The molecular weight excluding hydrogens is 300 g/mol. The summed E-state index contributed by atoms with van der Waals surface area (Å²) in [4.78, 5) is 18.6. The molecule has 0 radical (unpaired) electrons. The van der Waals surface area contributed by atoms with Crippen LogP contribution >= 0.6 is 0 Å². The van der Waals surface area contributed by atoms with Crippen LogP contribution in [0.25, 0.3) is 10.9 Å². The molecule has 1 fully saturated rings. The standard InChI is InChI=1S/C20H26N2O2/c23-12-10-15-5-3-4-11-22(15)20(24)14-8-9-19-17(13-14)16-6-1-2-7-18(16)21-19/h8-9,13,15,21,23H,1-7,10-12H2. The molecule has 2 heterocycles. The lowest BCUT2D eigenvalue weighted by atomic mass is 9.94. The average Bonchev–Trinajstić information content (AvgIpc) is 3.00. The Morgan fingerprint density at radius 3 is 2.96 bits per heavy atom. The van der Waals surface area contributed by atoms with E-state index in [1.54, 1.807) is 0 Å². The quantitative estimate of drug-likeness (QED) is 0.908. The molecule has 1 aromatic carbocycles. The maximum absolute atomic E-state index is 13.1. The number of piperidine rings is 1. The van der Waals surface area contributed by atoms with Crippen LogP contribution in [0.4, 0.5) is 0 Å². The summed E-state index contributed by atoms with van der Waals surface area (Å²) in [6.45, 7) is 0.964. The Balaban J connectivity index is 1.66. The van der Waals surface area contributed by atoms with Crippen LogP contribution in [0.3, 0.4) is 0 Å². The van der Waals surface area contributed by atoms with E-state index in [1.807, 2.05) is 11.0 Å². The van der Waals surface area contributed by atoms with Gasteiger partial charge in [-0.1, -0.05) is 0 Å². The number of fused-ring (bicyclic) bond motifs is 3. The van der Waals surface area contributed by atoms with E-state index >= 15 is 0 Å². The molecule has 2 aromatic rings. The largest absolute Gasteiger partial charge is 0.396 e. The van der Waals surface area contributed by atoms with Crippen LogP contribution in [0.1, 0.15) is 60.1 Å². The molecule has 2 N–H and O–H groups in total. The Hall–Kier alpha value is -1.81. The number of aromatic amines is 1. The van der Waals surface area contributed by atoms with Gasteiger partial charge in [0.05, 0.1) is 0 Å². The zero-order chi connectivity index (χ0) is 16.5. The minimum atomic E-state index is 0.126. The molecule has 128 valence electrons. The molecule has 0 spiro atoms. The number of amides is 1. The first-order chi connectivity index (χ1) is 11.8. The van der Waals surface area contributed by atoms with Crippen LogP contribution in [0.15, 0.2) is 18.2 Å². The Kier molecular flexibility index (Phi) is 4.31. The molecular formula is C20H26N2O2. The topological polar surface area (TPSA) is 56.3 Å². The van der Waals surface area contributed by atoms with Gasteiger partial charge in [0.2, 0.25) is 0 Å². The van der Waals surface area contributed by atoms with Crippen LogP contribution in [0, 0.1) is 0 Å². The third kappa shape index (κ3) is 2.73. The van der Waals surface area contributed by atoms with E-state index in [0.717, 1.165) is 49.7 Å². The number of hydrogen-bond acceptors (Lipinski definition) is 2. The molecule has 4 nitrogen and oxygen atoms in total. The first-order valence-corrected chi connectivity index (χ1v) is 9.33. The summed E-state index contributed by atoms with van der Waals surface area (Å²) in [5, 5.41) is 10.5. The molecule has 1 aromatic heterocycles. The highest BCUT2D eigenvalue weighted by atomic mass is 16.3. The molecule has 1 aliphatic carbocycles. The number of H-pyrrole nitrogens is 1. The second-order valence-electron chi connectivity index (χ2n) is 7.21. The second-order valence-corrected chi connectivity index (χ2v) is 7.21. The molecule has 2 aliphatic rings. The van der Waals surface area contributed by atoms with E-state index in [0.29, 0.717) is 6.42 Å². The van der Waals surface area contributed by atoms with Crippen LogP contribution in [-0.2, 0) is 12.8 Å². The summed E-state index contributed by atoms with van der Waals surface area (Å²) in [6.07, 6.45) is 8.64. The third-order valence-electron chi connectivity index (χ3n) is 5.70. The molecule has 1 aliphatic heterocycles. The van der Waals surface area contributed by atoms with Crippen molar-refractivity contribution in [3.63, 3.8) is 0 Å². The summed E-state index contributed by atoms with van der Waals surface area (Å²) in [7, 11) is 0. The summed E-state index contributed by atoms with van der Waals surface area (Å²) in [5.74, 6) is 0.126. The molecule has 4 rings (SSSR count). The van der Waals surface area contributed by atoms with Gasteiger partial charge in [-0.15, -0.1) is 0 Å². The minimum absolute atomic E-state index is 0.126. The Bertz CT molecular complexity index is 747. The molecule has 1 atom stereocenters. The first-order valence-electron chi connectivity index (χ1n) is 9.33. The SMILES string of the molecule is O=C(c1ccc2[nH]c3c(c2c1)CCCC3)N1CCCCC1CCO. The van der Waals surface area contributed by atoms with Crippen LogP contribution < -0.4 is 0 Å².